The summed E-state index contributed by atoms with van der Waals surface area (Å²) in [4.78, 5) is 16.7. The molecule has 1 aromatic heterocycles. The zero-order chi connectivity index (χ0) is 16.6. The SMILES string of the molecule is Cc1ccc(CNS(=O)(=O)c2cc3[nH]c(=O)[nH]c3cc2C)cc1. The first kappa shape index (κ1) is 15.5. The third kappa shape index (κ3) is 3.20. The van der Waals surface area contributed by atoms with Crippen LogP contribution in [0.15, 0.2) is 46.1 Å². The monoisotopic (exact) mass is 331 g/mol. The molecule has 0 radical (unpaired) electrons. The maximum Gasteiger partial charge on any atom is 0.323 e. The van der Waals surface area contributed by atoms with Gasteiger partial charge in [-0.1, -0.05) is 29.8 Å². The van der Waals surface area contributed by atoms with Crippen LogP contribution >= 0.6 is 0 Å². The molecule has 120 valence electrons. The Labute approximate surface area is 133 Å². The van der Waals surface area contributed by atoms with E-state index in [0.717, 1.165) is 11.1 Å². The van der Waals surface area contributed by atoms with Crippen LogP contribution in [0.25, 0.3) is 11.0 Å². The van der Waals surface area contributed by atoms with Crippen molar-refractivity contribution >= 4 is 21.1 Å². The highest BCUT2D eigenvalue weighted by atomic mass is 32.2. The minimum Gasteiger partial charge on any atom is -0.306 e. The summed E-state index contributed by atoms with van der Waals surface area (Å²) in [6.07, 6.45) is 0. The predicted molar refractivity (Wildman–Crippen MR) is 88.9 cm³/mol. The first-order chi connectivity index (χ1) is 10.8. The number of sulfonamides is 1. The Balaban J connectivity index is 1.91. The number of nitrogens with one attached hydrogen (secondary N) is 3. The number of aromatic nitrogens is 2. The van der Waals surface area contributed by atoms with Crippen molar-refractivity contribution in [2.45, 2.75) is 25.3 Å². The van der Waals surface area contributed by atoms with Crippen molar-refractivity contribution in [3.05, 3.63) is 63.6 Å². The molecule has 23 heavy (non-hydrogen) atoms. The Kier molecular flexibility index (Phi) is 3.83. The Bertz CT molecular complexity index is 1010. The Hall–Kier alpha value is -2.38. The molecule has 0 unspecified atom stereocenters. The molecule has 0 saturated carbocycles. The highest BCUT2D eigenvalue weighted by Gasteiger charge is 2.18. The van der Waals surface area contributed by atoms with Gasteiger partial charge in [0.05, 0.1) is 15.9 Å². The Morgan fingerprint density at radius 1 is 1.00 bits per heavy atom. The van der Waals surface area contributed by atoms with Crippen molar-refractivity contribution in [3.63, 3.8) is 0 Å². The number of imidazole rings is 1. The molecule has 0 saturated heterocycles. The van der Waals surface area contributed by atoms with Gasteiger partial charge in [0.25, 0.3) is 0 Å². The van der Waals surface area contributed by atoms with Gasteiger partial charge in [0.2, 0.25) is 10.0 Å². The molecule has 0 aliphatic rings. The first-order valence-corrected chi connectivity index (χ1v) is 8.61. The van der Waals surface area contributed by atoms with Crippen molar-refractivity contribution in [2.24, 2.45) is 0 Å². The van der Waals surface area contributed by atoms with Crippen molar-refractivity contribution in [1.82, 2.24) is 14.7 Å². The van der Waals surface area contributed by atoms with E-state index < -0.39 is 10.0 Å². The van der Waals surface area contributed by atoms with Gasteiger partial charge in [0.15, 0.2) is 0 Å². The molecule has 0 atom stereocenters. The lowest BCUT2D eigenvalue weighted by molar-refractivity contribution is 0.581. The van der Waals surface area contributed by atoms with Crippen molar-refractivity contribution < 1.29 is 8.42 Å². The van der Waals surface area contributed by atoms with Crippen LogP contribution in [0.4, 0.5) is 0 Å². The zero-order valence-corrected chi connectivity index (χ0v) is 13.6. The van der Waals surface area contributed by atoms with Gasteiger partial charge in [0.1, 0.15) is 0 Å². The molecule has 3 N–H and O–H groups in total. The average molecular weight is 331 g/mol. The summed E-state index contributed by atoms with van der Waals surface area (Å²) in [6.45, 7) is 3.89. The molecular formula is C16H17N3O3S. The third-order valence-corrected chi connectivity index (χ3v) is 5.23. The van der Waals surface area contributed by atoms with E-state index in [1.54, 1.807) is 13.0 Å². The molecule has 3 rings (SSSR count). The third-order valence-electron chi connectivity index (χ3n) is 3.69. The minimum atomic E-state index is -3.67. The number of aromatic amines is 2. The molecule has 0 fully saturated rings. The van der Waals surface area contributed by atoms with E-state index in [4.69, 9.17) is 0 Å². The predicted octanol–water partition coefficient (Wildman–Crippen LogP) is 1.95. The standard InChI is InChI=1S/C16H17N3O3S/c1-10-3-5-12(6-4-10)9-17-23(21,22)15-8-14-13(7-11(15)2)18-16(20)19-14/h3-8,17H,9H2,1-2H3,(H2,18,19,20). The molecule has 0 aliphatic carbocycles. The molecule has 0 bridgehead atoms. The van der Waals surface area contributed by atoms with E-state index in [1.807, 2.05) is 31.2 Å². The van der Waals surface area contributed by atoms with Crippen LogP contribution in [-0.2, 0) is 16.6 Å². The second kappa shape index (κ2) is 5.68. The molecule has 0 spiro atoms. The summed E-state index contributed by atoms with van der Waals surface area (Å²) < 4.78 is 27.7. The Morgan fingerprint density at radius 3 is 2.26 bits per heavy atom. The van der Waals surface area contributed by atoms with Gasteiger partial charge in [-0.3, -0.25) is 0 Å². The quantitative estimate of drug-likeness (QED) is 0.682. The highest BCUT2D eigenvalue weighted by molar-refractivity contribution is 7.89. The molecule has 2 aromatic carbocycles. The lowest BCUT2D eigenvalue weighted by atomic mass is 10.2. The summed E-state index contributed by atoms with van der Waals surface area (Å²) in [5.41, 5.74) is 3.27. The Morgan fingerprint density at radius 2 is 1.61 bits per heavy atom. The molecule has 1 heterocycles. The second-order valence-electron chi connectivity index (χ2n) is 5.55. The van der Waals surface area contributed by atoms with Gasteiger partial charge in [-0.15, -0.1) is 0 Å². The molecule has 0 amide bonds. The van der Waals surface area contributed by atoms with E-state index in [0.29, 0.717) is 16.6 Å². The smallest absolute Gasteiger partial charge is 0.306 e. The fourth-order valence-electron chi connectivity index (χ4n) is 2.42. The topological polar surface area (TPSA) is 94.8 Å². The van der Waals surface area contributed by atoms with E-state index >= 15 is 0 Å². The molecular weight excluding hydrogens is 314 g/mol. The van der Waals surface area contributed by atoms with Gasteiger partial charge >= 0.3 is 5.69 Å². The minimum absolute atomic E-state index is 0.160. The second-order valence-corrected chi connectivity index (χ2v) is 7.29. The maximum absolute atomic E-state index is 12.5. The lowest BCUT2D eigenvalue weighted by Crippen LogP contribution is -2.24. The highest BCUT2D eigenvalue weighted by Crippen LogP contribution is 2.20. The van der Waals surface area contributed by atoms with Crippen LogP contribution in [0.5, 0.6) is 0 Å². The van der Waals surface area contributed by atoms with Crippen LogP contribution in [0.2, 0.25) is 0 Å². The van der Waals surface area contributed by atoms with Gasteiger partial charge in [-0.2, -0.15) is 0 Å². The summed E-state index contributed by atoms with van der Waals surface area (Å²) in [7, 11) is -3.67. The van der Waals surface area contributed by atoms with Crippen LogP contribution in [0.1, 0.15) is 16.7 Å². The van der Waals surface area contributed by atoms with E-state index in [1.165, 1.54) is 6.07 Å². The molecule has 7 heteroatoms. The van der Waals surface area contributed by atoms with Crippen LogP contribution < -0.4 is 10.4 Å². The normalized spacial score (nSPS) is 11.9. The number of aryl methyl sites for hydroxylation is 2. The first-order valence-electron chi connectivity index (χ1n) is 7.13. The van der Waals surface area contributed by atoms with E-state index in [-0.39, 0.29) is 17.1 Å². The van der Waals surface area contributed by atoms with E-state index in [9.17, 15) is 13.2 Å². The number of hydrogen-bond acceptors (Lipinski definition) is 3. The summed E-state index contributed by atoms with van der Waals surface area (Å²) >= 11 is 0. The number of benzene rings is 2. The van der Waals surface area contributed by atoms with Crippen molar-refractivity contribution in [1.29, 1.82) is 0 Å². The fraction of sp³-hybridized carbons (Fsp3) is 0.188. The zero-order valence-electron chi connectivity index (χ0n) is 12.8. The average Bonchev–Trinajstić information content (AvgIpc) is 2.85. The summed E-state index contributed by atoms with van der Waals surface area (Å²) in [6, 6.07) is 10.8. The van der Waals surface area contributed by atoms with Crippen LogP contribution in [0.3, 0.4) is 0 Å². The number of H-pyrrole nitrogens is 2. The van der Waals surface area contributed by atoms with Crippen molar-refractivity contribution in [2.75, 3.05) is 0 Å². The fourth-order valence-corrected chi connectivity index (χ4v) is 3.69. The number of fused-ring (bicyclic) bond motifs is 1. The number of hydrogen-bond donors (Lipinski definition) is 3. The number of rotatable bonds is 4. The molecule has 6 nitrogen and oxygen atoms in total. The largest absolute Gasteiger partial charge is 0.323 e. The lowest BCUT2D eigenvalue weighted by Gasteiger charge is -2.10. The van der Waals surface area contributed by atoms with Crippen LogP contribution in [-0.4, -0.2) is 18.4 Å². The summed E-state index contributed by atoms with van der Waals surface area (Å²) in [5, 5.41) is 0. The summed E-state index contributed by atoms with van der Waals surface area (Å²) in [5.74, 6) is 0. The van der Waals surface area contributed by atoms with Gasteiger partial charge in [-0.25, -0.2) is 17.9 Å². The molecule has 0 aliphatic heterocycles. The van der Waals surface area contributed by atoms with Gasteiger partial charge in [-0.05, 0) is 37.1 Å². The van der Waals surface area contributed by atoms with Gasteiger partial charge < -0.3 is 9.97 Å². The molecule has 3 aromatic rings. The van der Waals surface area contributed by atoms with E-state index in [2.05, 4.69) is 14.7 Å². The maximum atomic E-state index is 12.5. The van der Waals surface area contributed by atoms with Crippen LogP contribution in [0, 0.1) is 13.8 Å². The van der Waals surface area contributed by atoms with Gasteiger partial charge in [0, 0.05) is 6.54 Å². The van der Waals surface area contributed by atoms with Crippen molar-refractivity contribution in [3.8, 4) is 0 Å².